The predicted octanol–water partition coefficient (Wildman–Crippen LogP) is 5.79. The highest BCUT2D eigenvalue weighted by Crippen LogP contribution is 2.32. The standard InChI is InChI=1S/C24H23F3N2O3/c1-23(2,3)17-7-9-19(10-8-17)31-15-22(30)29-28-14-20-11-12-21(32-20)16-5-4-6-18(13-16)24(25,26)27/h4-14H,15H2,1-3H3,(H,29,30)/b28-14-. The number of carbonyl (C=O) groups is 1. The zero-order valence-electron chi connectivity index (χ0n) is 17.9. The van der Waals surface area contributed by atoms with Crippen LogP contribution in [0.15, 0.2) is 70.2 Å². The summed E-state index contributed by atoms with van der Waals surface area (Å²) in [6, 6.07) is 15.4. The van der Waals surface area contributed by atoms with E-state index >= 15 is 0 Å². The van der Waals surface area contributed by atoms with Crippen molar-refractivity contribution in [2.75, 3.05) is 6.61 Å². The number of rotatable bonds is 6. The van der Waals surface area contributed by atoms with Gasteiger partial charge in [-0.15, -0.1) is 0 Å². The first-order chi connectivity index (χ1) is 15.0. The van der Waals surface area contributed by atoms with Crippen molar-refractivity contribution in [2.45, 2.75) is 32.4 Å². The number of hydrogen-bond donors (Lipinski definition) is 1. The molecule has 0 unspecified atom stereocenters. The number of carbonyl (C=O) groups excluding carboxylic acids is 1. The van der Waals surface area contributed by atoms with E-state index < -0.39 is 17.6 Å². The quantitative estimate of drug-likeness (QED) is 0.387. The predicted molar refractivity (Wildman–Crippen MR) is 116 cm³/mol. The van der Waals surface area contributed by atoms with Crippen molar-refractivity contribution < 1.29 is 27.1 Å². The van der Waals surface area contributed by atoms with E-state index in [-0.39, 0.29) is 29.1 Å². The van der Waals surface area contributed by atoms with Crippen molar-refractivity contribution in [2.24, 2.45) is 5.10 Å². The Hall–Kier alpha value is -3.55. The van der Waals surface area contributed by atoms with E-state index in [0.29, 0.717) is 5.75 Å². The van der Waals surface area contributed by atoms with Gasteiger partial charge in [-0.3, -0.25) is 4.79 Å². The minimum absolute atomic E-state index is 0.0253. The van der Waals surface area contributed by atoms with Crippen molar-refractivity contribution in [1.82, 2.24) is 5.43 Å². The minimum Gasteiger partial charge on any atom is -0.484 e. The van der Waals surface area contributed by atoms with E-state index in [1.54, 1.807) is 18.2 Å². The molecule has 32 heavy (non-hydrogen) atoms. The highest BCUT2D eigenvalue weighted by Gasteiger charge is 2.30. The number of furan rings is 1. The Morgan fingerprint density at radius 3 is 2.41 bits per heavy atom. The van der Waals surface area contributed by atoms with Crippen molar-refractivity contribution in [3.8, 4) is 17.1 Å². The molecule has 0 bridgehead atoms. The molecule has 2 aromatic carbocycles. The number of ether oxygens (including phenoxy) is 1. The molecule has 0 saturated heterocycles. The van der Waals surface area contributed by atoms with Crippen molar-refractivity contribution in [3.63, 3.8) is 0 Å². The first kappa shape index (κ1) is 23.1. The zero-order valence-corrected chi connectivity index (χ0v) is 17.9. The summed E-state index contributed by atoms with van der Waals surface area (Å²) >= 11 is 0. The van der Waals surface area contributed by atoms with Gasteiger partial charge in [0.15, 0.2) is 6.61 Å². The first-order valence-electron chi connectivity index (χ1n) is 9.85. The second-order valence-corrected chi connectivity index (χ2v) is 8.14. The van der Waals surface area contributed by atoms with Crippen LogP contribution < -0.4 is 10.2 Å². The van der Waals surface area contributed by atoms with Gasteiger partial charge in [0.25, 0.3) is 5.91 Å². The average Bonchev–Trinajstić information content (AvgIpc) is 3.20. The second kappa shape index (κ2) is 9.30. The summed E-state index contributed by atoms with van der Waals surface area (Å²) in [5.74, 6) is 0.627. The molecule has 1 amide bonds. The summed E-state index contributed by atoms with van der Waals surface area (Å²) in [4.78, 5) is 11.9. The van der Waals surface area contributed by atoms with E-state index in [4.69, 9.17) is 9.15 Å². The molecule has 0 fully saturated rings. The van der Waals surface area contributed by atoms with Crippen LogP contribution in [0.4, 0.5) is 13.2 Å². The highest BCUT2D eigenvalue weighted by molar-refractivity contribution is 5.81. The number of benzene rings is 2. The normalized spacial score (nSPS) is 12.2. The van der Waals surface area contributed by atoms with Gasteiger partial charge in [-0.2, -0.15) is 18.3 Å². The maximum absolute atomic E-state index is 12.9. The summed E-state index contributed by atoms with van der Waals surface area (Å²) in [5, 5.41) is 3.79. The Labute approximate surface area is 183 Å². The van der Waals surface area contributed by atoms with E-state index in [9.17, 15) is 18.0 Å². The molecule has 0 aliphatic rings. The van der Waals surface area contributed by atoms with Crippen LogP contribution in [-0.4, -0.2) is 18.7 Å². The number of amides is 1. The largest absolute Gasteiger partial charge is 0.484 e. The molecular weight excluding hydrogens is 421 g/mol. The Bertz CT molecular complexity index is 1090. The van der Waals surface area contributed by atoms with E-state index in [1.165, 1.54) is 24.4 Å². The second-order valence-electron chi connectivity index (χ2n) is 8.14. The van der Waals surface area contributed by atoms with Gasteiger partial charge in [0.2, 0.25) is 0 Å². The first-order valence-corrected chi connectivity index (χ1v) is 9.85. The smallest absolute Gasteiger partial charge is 0.416 e. The molecule has 0 aliphatic carbocycles. The lowest BCUT2D eigenvalue weighted by Crippen LogP contribution is -2.24. The number of nitrogens with zero attached hydrogens (tertiary/aromatic N) is 1. The van der Waals surface area contributed by atoms with Gasteiger partial charge in [-0.05, 0) is 47.4 Å². The van der Waals surface area contributed by atoms with Gasteiger partial charge in [-0.25, -0.2) is 5.43 Å². The third kappa shape index (κ3) is 6.23. The van der Waals surface area contributed by atoms with E-state index in [1.807, 2.05) is 12.1 Å². The van der Waals surface area contributed by atoms with Crippen LogP contribution >= 0.6 is 0 Å². The van der Waals surface area contributed by atoms with Gasteiger partial charge in [-0.1, -0.05) is 45.0 Å². The lowest BCUT2D eigenvalue weighted by atomic mass is 9.87. The molecule has 0 spiro atoms. The molecule has 1 heterocycles. The van der Waals surface area contributed by atoms with Crippen LogP contribution in [0.1, 0.15) is 37.7 Å². The van der Waals surface area contributed by atoms with Crippen LogP contribution in [0.25, 0.3) is 11.3 Å². The van der Waals surface area contributed by atoms with Gasteiger partial charge >= 0.3 is 6.18 Å². The van der Waals surface area contributed by atoms with Crippen LogP contribution in [0, 0.1) is 0 Å². The third-order valence-corrected chi connectivity index (χ3v) is 4.57. The van der Waals surface area contributed by atoms with Crippen molar-refractivity contribution >= 4 is 12.1 Å². The number of hydrogen-bond acceptors (Lipinski definition) is 4. The summed E-state index contributed by atoms with van der Waals surface area (Å²) < 4.78 is 49.5. The lowest BCUT2D eigenvalue weighted by Gasteiger charge is -2.19. The minimum atomic E-state index is -4.44. The van der Waals surface area contributed by atoms with E-state index in [0.717, 1.165) is 17.7 Å². The van der Waals surface area contributed by atoms with Crippen molar-refractivity contribution in [1.29, 1.82) is 0 Å². The summed E-state index contributed by atoms with van der Waals surface area (Å²) in [6.07, 6.45) is -3.18. The monoisotopic (exact) mass is 444 g/mol. The molecule has 1 aromatic heterocycles. The number of hydrazone groups is 1. The summed E-state index contributed by atoms with van der Waals surface area (Å²) in [7, 11) is 0. The molecular formula is C24H23F3N2O3. The molecule has 0 saturated carbocycles. The molecule has 3 aromatic rings. The van der Waals surface area contributed by atoms with Crippen LogP contribution in [0.2, 0.25) is 0 Å². The molecule has 0 radical (unpaired) electrons. The fourth-order valence-electron chi connectivity index (χ4n) is 2.83. The molecule has 5 nitrogen and oxygen atoms in total. The van der Waals surface area contributed by atoms with Gasteiger partial charge in [0.05, 0.1) is 11.8 Å². The molecule has 8 heteroatoms. The van der Waals surface area contributed by atoms with Gasteiger partial charge in [0.1, 0.15) is 17.3 Å². The third-order valence-electron chi connectivity index (χ3n) is 4.57. The fourth-order valence-corrected chi connectivity index (χ4v) is 2.83. The molecule has 0 aliphatic heterocycles. The highest BCUT2D eigenvalue weighted by atomic mass is 19.4. The van der Waals surface area contributed by atoms with Gasteiger partial charge < -0.3 is 9.15 Å². The molecule has 0 atom stereocenters. The SMILES string of the molecule is CC(C)(C)c1ccc(OCC(=O)N/N=C\c2ccc(-c3cccc(C(F)(F)F)c3)o2)cc1. The number of halogens is 3. The fraction of sp³-hybridized carbons (Fsp3) is 0.250. The van der Waals surface area contributed by atoms with Crippen LogP contribution in [0.5, 0.6) is 5.75 Å². The molecule has 168 valence electrons. The van der Waals surface area contributed by atoms with Crippen LogP contribution in [-0.2, 0) is 16.4 Å². The van der Waals surface area contributed by atoms with E-state index in [2.05, 4.69) is 31.3 Å². The lowest BCUT2D eigenvalue weighted by molar-refractivity contribution is -0.137. The Morgan fingerprint density at radius 1 is 1.03 bits per heavy atom. The number of nitrogens with one attached hydrogen (secondary N) is 1. The summed E-state index contributed by atoms with van der Waals surface area (Å²) in [5.41, 5.74) is 3.02. The molecule has 1 N–H and O–H groups in total. The number of alkyl halides is 3. The van der Waals surface area contributed by atoms with Crippen molar-refractivity contribution in [3.05, 3.63) is 77.6 Å². The Kier molecular flexibility index (Phi) is 6.72. The Balaban J connectivity index is 1.52. The summed E-state index contributed by atoms with van der Waals surface area (Å²) in [6.45, 7) is 6.10. The average molecular weight is 444 g/mol. The maximum Gasteiger partial charge on any atom is 0.416 e. The molecule has 3 rings (SSSR count). The topological polar surface area (TPSA) is 63.8 Å². The maximum atomic E-state index is 12.9. The zero-order chi connectivity index (χ0) is 23.4. The van der Waals surface area contributed by atoms with Gasteiger partial charge in [0, 0.05) is 5.56 Å². The Morgan fingerprint density at radius 2 is 1.75 bits per heavy atom. The van der Waals surface area contributed by atoms with Crippen LogP contribution in [0.3, 0.4) is 0 Å².